The summed E-state index contributed by atoms with van der Waals surface area (Å²) in [5.41, 5.74) is 0.486. The lowest BCUT2D eigenvalue weighted by molar-refractivity contribution is -0.126. The fourth-order valence-electron chi connectivity index (χ4n) is 3.03. The largest absolute Gasteiger partial charge is 0.355 e. The van der Waals surface area contributed by atoms with Crippen LogP contribution in [0.4, 0.5) is 4.39 Å². The molecular weight excluding hydrogens is 339 g/mol. The highest BCUT2D eigenvalue weighted by molar-refractivity contribution is 7.09. The van der Waals surface area contributed by atoms with E-state index in [0.717, 1.165) is 6.42 Å². The van der Waals surface area contributed by atoms with E-state index in [1.165, 1.54) is 29.1 Å². The highest BCUT2D eigenvalue weighted by atomic mass is 32.1. The number of halogens is 1. The summed E-state index contributed by atoms with van der Waals surface area (Å²) in [7, 11) is 0. The molecule has 2 heterocycles. The zero-order valence-electron chi connectivity index (χ0n) is 13.9. The first-order valence-electron chi connectivity index (χ1n) is 8.48. The van der Waals surface area contributed by atoms with Gasteiger partial charge in [-0.05, 0) is 55.0 Å². The number of nitrogens with zero attached hydrogens (tertiary/aromatic N) is 1. The standard InChI is InChI=1S/C19H21FN2O2S/c20-16-5-3-15(4-6-16)19(24)22-11-8-14(9-12-22)18(23)21-10-7-17-2-1-13-25-17/h1-6,13-14H,7-12H2,(H,21,23). The van der Waals surface area contributed by atoms with E-state index in [4.69, 9.17) is 0 Å². The summed E-state index contributed by atoms with van der Waals surface area (Å²) in [5, 5.41) is 5.03. The average Bonchev–Trinajstić information content (AvgIpc) is 3.15. The third kappa shape index (κ3) is 4.66. The molecule has 0 radical (unpaired) electrons. The van der Waals surface area contributed by atoms with Gasteiger partial charge in [0, 0.05) is 36.0 Å². The summed E-state index contributed by atoms with van der Waals surface area (Å²) >= 11 is 1.69. The monoisotopic (exact) mass is 360 g/mol. The SMILES string of the molecule is O=C(NCCc1cccs1)C1CCN(C(=O)c2ccc(F)cc2)CC1. The van der Waals surface area contributed by atoms with Gasteiger partial charge in [0.2, 0.25) is 5.91 Å². The molecule has 1 aromatic carbocycles. The van der Waals surface area contributed by atoms with Gasteiger partial charge in [-0.2, -0.15) is 0 Å². The van der Waals surface area contributed by atoms with Crippen molar-refractivity contribution < 1.29 is 14.0 Å². The summed E-state index contributed by atoms with van der Waals surface area (Å²) in [4.78, 5) is 27.7. The molecule has 1 fully saturated rings. The fourth-order valence-corrected chi connectivity index (χ4v) is 3.74. The molecule has 0 aliphatic carbocycles. The number of piperidine rings is 1. The molecule has 25 heavy (non-hydrogen) atoms. The molecule has 0 bridgehead atoms. The Hall–Kier alpha value is -2.21. The maximum atomic E-state index is 13.0. The summed E-state index contributed by atoms with van der Waals surface area (Å²) in [6.07, 6.45) is 2.18. The summed E-state index contributed by atoms with van der Waals surface area (Å²) in [5.74, 6) is -0.419. The molecule has 1 N–H and O–H groups in total. The molecule has 0 saturated carbocycles. The van der Waals surface area contributed by atoms with E-state index in [-0.39, 0.29) is 23.5 Å². The lowest BCUT2D eigenvalue weighted by atomic mass is 9.95. The smallest absolute Gasteiger partial charge is 0.253 e. The Bertz CT molecular complexity index is 708. The third-order valence-corrected chi connectivity index (χ3v) is 5.43. The first-order valence-corrected chi connectivity index (χ1v) is 9.36. The molecule has 1 aromatic heterocycles. The molecule has 4 nitrogen and oxygen atoms in total. The number of hydrogen-bond acceptors (Lipinski definition) is 3. The molecule has 0 atom stereocenters. The Morgan fingerprint density at radius 3 is 2.52 bits per heavy atom. The van der Waals surface area contributed by atoms with Crippen molar-refractivity contribution in [2.75, 3.05) is 19.6 Å². The van der Waals surface area contributed by atoms with Gasteiger partial charge in [0.15, 0.2) is 0 Å². The number of amides is 2. The van der Waals surface area contributed by atoms with E-state index >= 15 is 0 Å². The minimum absolute atomic E-state index is 0.0411. The van der Waals surface area contributed by atoms with Gasteiger partial charge in [-0.15, -0.1) is 11.3 Å². The molecule has 6 heteroatoms. The zero-order valence-corrected chi connectivity index (χ0v) is 14.7. The first-order chi connectivity index (χ1) is 12.1. The Morgan fingerprint density at radius 1 is 1.16 bits per heavy atom. The van der Waals surface area contributed by atoms with Gasteiger partial charge in [0.05, 0.1) is 0 Å². The van der Waals surface area contributed by atoms with Crippen LogP contribution in [0.3, 0.4) is 0 Å². The van der Waals surface area contributed by atoms with Gasteiger partial charge in [0.25, 0.3) is 5.91 Å². The summed E-state index contributed by atoms with van der Waals surface area (Å²) in [6, 6.07) is 9.66. The van der Waals surface area contributed by atoms with Crippen molar-refractivity contribution in [3.05, 3.63) is 58.0 Å². The van der Waals surface area contributed by atoms with Crippen LogP contribution in [-0.2, 0) is 11.2 Å². The second-order valence-electron chi connectivity index (χ2n) is 6.19. The first kappa shape index (κ1) is 17.6. The van der Waals surface area contributed by atoms with Crippen molar-refractivity contribution in [1.82, 2.24) is 10.2 Å². The van der Waals surface area contributed by atoms with Crippen molar-refractivity contribution in [2.45, 2.75) is 19.3 Å². The minimum Gasteiger partial charge on any atom is -0.355 e. The van der Waals surface area contributed by atoms with Gasteiger partial charge < -0.3 is 10.2 Å². The van der Waals surface area contributed by atoms with E-state index in [9.17, 15) is 14.0 Å². The fraction of sp³-hybridized carbons (Fsp3) is 0.368. The lowest BCUT2D eigenvalue weighted by Crippen LogP contribution is -2.43. The predicted molar refractivity (Wildman–Crippen MR) is 96.1 cm³/mol. The molecule has 132 valence electrons. The van der Waals surface area contributed by atoms with E-state index in [0.29, 0.717) is 38.0 Å². The van der Waals surface area contributed by atoms with Gasteiger partial charge in [-0.3, -0.25) is 9.59 Å². The Morgan fingerprint density at radius 2 is 1.88 bits per heavy atom. The van der Waals surface area contributed by atoms with Gasteiger partial charge >= 0.3 is 0 Å². The summed E-state index contributed by atoms with van der Waals surface area (Å²) in [6.45, 7) is 1.76. The number of hydrogen-bond donors (Lipinski definition) is 1. The molecule has 1 saturated heterocycles. The Balaban J connectivity index is 1.43. The van der Waals surface area contributed by atoms with Crippen LogP contribution in [0.2, 0.25) is 0 Å². The van der Waals surface area contributed by atoms with Gasteiger partial charge in [0.1, 0.15) is 5.82 Å². The minimum atomic E-state index is -0.352. The van der Waals surface area contributed by atoms with Crippen molar-refractivity contribution >= 4 is 23.2 Å². The second kappa shape index (κ2) is 8.25. The van der Waals surface area contributed by atoms with Crippen LogP contribution in [0, 0.1) is 11.7 Å². The maximum Gasteiger partial charge on any atom is 0.253 e. The third-order valence-electron chi connectivity index (χ3n) is 4.49. The Kier molecular flexibility index (Phi) is 5.81. The molecule has 3 rings (SSSR count). The lowest BCUT2D eigenvalue weighted by Gasteiger charge is -2.31. The molecular formula is C19H21FN2O2S. The molecule has 0 unspecified atom stereocenters. The molecule has 1 aliphatic rings. The van der Waals surface area contributed by atoms with Gasteiger partial charge in [-0.25, -0.2) is 4.39 Å². The van der Waals surface area contributed by atoms with Crippen molar-refractivity contribution in [3.63, 3.8) is 0 Å². The van der Waals surface area contributed by atoms with Gasteiger partial charge in [-0.1, -0.05) is 6.07 Å². The molecule has 0 spiro atoms. The van der Waals surface area contributed by atoms with E-state index in [1.807, 2.05) is 11.4 Å². The van der Waals surface area contributed by atoms with Crippen molar-refractivity contribution in [3.8, 4) is 0 Å². The number of rotatable bonds is 5. The zero-order chi connectivity index (χ0) is 17.6. The van der Waals surface area contributed by atoms with Crippen LogP contribution in [0.5, 0.6) is 0 Å². The van der Waals surface area contributed by atoms with Crippen LogP contribution in [0.25, 0.3) is 0 Å². The van der Waals surface area contributed by atoms with Crippen molar-refractivity contribution in [1.29, 1.82) is 0 Å². The quantitative estimate of drug-likeness (QED) is 0.891. The molecule has 1 aliphatic heterocycles. The average molecular weight is 360 g/mol. The maximum absolute atomic E-state index is 13.0. The number of thiophene rings is 1. The highest BCUT2D eigenvalue weighted by Crippen LogP contribution is 2.19. The van der Waals surface area contributed by atoms with Crippen LogP contribution >= 0.6 is 11.3 Å². The number of likely N-dealkylation sites (tertiary alicyclic amines) is 1. The van der Waals surface area contributed by atoms with Crippen LogP contribution in [0.15, 0.2) is 41.8 Å². The van der Waals surface area contributed by atoms with Crippen LogP contribution in [0.1, 0.15) is 28.1 Å². The molecule has 2 amide bonds. The van der Waals surface area contributed by atoms with Crippen LogP contribution in [-0.4, -0.2) is 36.3 Å². The second-order valence-corrected chi connectivity index (χ2v) is 7.23. The van der Waals surface area contributed by atoms with E-state index in [1.54, 1.807) is 16.2 Å². The van der Waals surface area contributed by atoms with E-state index < -0.39 is 0 Å². The Labute approximate surface area is 150 Å². The van der Waals surface area contributed by atoms with Crippen molar-refractivity contribution in [2.24, 2.45) is 5.92 Å². The van der Waals surface area contributed by atoms with E-state index in [2.05, 4.69) is 11.4 Å². The number of carbonyl (C=O) groups excluding carboxylic acids is 2. The van der Waals surface area contributed by atoms with Crippen LogP contribution < -0.4 is 5.32 Å². The number of benzene rings is 1. The number of carbonyl (C=O) groups is 2. The predicted octanol–water partition coefficient (Wildman–Crippen LogP) is 3.10. The normalized spacial score (nSPS) is 15.2. The topological polar surface area (TPSA) is 49.4 Å². The summed E-state index contributed by atoms with van der Waals surface area (Å²) < 4.78 is 13.0. The molecule has 2 aromatic rings. The number of nitrogens with one attached hydrogen (secondary N) is 1. The highest BCUT2D eigenvalue weighted by Gasteiger charge is 2.27.